The molecule has 0 aliphatic rings. The maximum atomic E-state index is 12.5. The zero-order valence-corrected chi connectivity index (χ0v) is 11.7. The van der Waals surface area contributed by atoms with Gasteiger partial charge in [0.05, 0.1) is 11.9 Å². The van der Waals surface area contributed by atoms with Crippen LogP contribution < -0.4 is 5.32 Å². The first kappa shape index (κ1) is 15.6. The Morgan fingerprint density at radius 2 is 2.14 bits per heavy atom. The first-order valence-electron chi connectivity index (χ1n) is 6.17. The summed E-state index contributed by atoms with van der Waals surface area (Å²) in [6.07, 6.45) is -1.53. The van der Waals surface area contributed by atoms with Crippen LogP contribution in [0.3, 0.4) is 0 Å². The molecule has 0 saturated heterocycles. The van der Waals surface area contributed by atoms with E-state index in [1.807, 2.05) is 0 Å². The summed E-state index contributed by atoms with van der Waals surface area (Å²) in [4.78, 5) is 23.0. The molecule has 1 amide bonds. The van der Waals surface area contributed by atoms with E-state index in [0.29, 0.717) is 5.69 Å². The van der Waals surface area contributed by atoms with Gasteiger partial charge in [0.15, 0.2) is 5.69 Å². The van der Waals surface area contributed by atoms with Gasteiger partial charge >= 0.3 is 5.97 Å². The predicted molar refractivity (Wildman–Crippen MR) is 70.7 cm³/mol. The fourth-order valence-corrected chi connectivity index (χ4v) is 1.91. The second-order valence-electron chi connectivity index (χ2n) is 4.55. The predicted octanol–water partition coefficient (Wildman–Crippen LogP) is 1.20. The van der Waals surface area contributed by atoms with Crippen molar-refractivity contribution in [3.8, 4) is 0 Å². The van der Waals surface area contributed by atoms with Crippen molar-refractivity contribution in [2.24, 2.45) is 7.05 Å². The van der Waals surface area contributed by atoms with Gasteiger partial charge in [0.1, 0.15) is 12.2 Å². The lowest BCUT2D eigenvalue weighted by Gasteiger charge is -2.06. The van der Waals surface area contributed by atoms with Gasteiger partial charge in [-0.1, -0.05) is 0 Å². The van der Waals surface area contributed by atoms with Crippen molar-refractivity contribution in [3.05, 3.63) is 29.3 Å². The van der Waals surface area contributed by atoms with E-state index in [0.717, 1.165) is 9.36 Å². The maximum absolute atomic E-state index is 12.5. The van der Waals surface area contributed by atoms with Crippen molar-refractivity contribution in [2.75, 3.05) is 5.32 Å². The molecule has 2 aromatic rings. The molecule has 10 heteroatoms. The molecule has 118 valence electrons. The molecule has 0 atom stereocenters. The van der Waals surface area contributed by atoms with Crippen LogP contribution >= 0.6 is 0 Å². The van der Waals surface area contributed by atoms with Crippen LogP contribution in [0.1, 0.15) is 28.3 Å². The molecule has 0 aromatic carbocycles. The number of carboxylic acids is 1. The standard InChI is InChI=1S/C12H13F2N5O3/c1-6-3-7(11(13)14)17-19(6)5-9(20)16-8-4-15-18(2)10(8)12(21)22/h3-4,11H,5H2,1-2H3,(H,16,20)(H,21,22). The Morgan fingerprint density at radius 3 is 2.68 bits per heavy atom. The highest BCUT2D eigenvalue weighted by atomic mass is 19.3. The minimum absolute atomic E-state index is 0.0268. The van der Waals surface area contributed by atoms with Crippen LogP contribution in [0.25, 0.3) is 0 Å². The van der Waals surface area contributed by atoms with Crippen LogP contribution in [0, 0.1) is 6.92 Å². The van der Waals surface area contributed by atoms with Gasteiger partial charge < -0.3 is 10.4 Å². The number of nitrogens with one attached hydrogen (secondary N) is 1. The fourth-order valence-electron chi connectivity index (χ4n) is 1.91. The summed E-state index contributed by atoms with van der Waals surface area (Å²) in [6, 6.07) is 1.19. The van der Waals surface area contributed by atoms with Crippen LogP contribution in [-0.4, -0.2) is 36.5 Å². The lowest BCUT2D eigenvalue weighted by molar-refractivity contribution is -0.117. The van der Waals surface area contributed by atoms with E-state index >= 15 is 0 Å². The molecule has 0 unspecified atom stereocenters. The number of aromatic nitrogens is 4. The Kier molecular flexibility index (Phi) is 4.20. The average Bonchev–Trinajstić information content (AvgIpc) is 2.94. The highest BCUT2D eigenvalue weighted by Crippen LogP contribution is 2.18. The van der Waals surface area contributed by atoms with Crippen molar-refractivity contribution in [3.63, 3.8) is 0 Å². The molecule has 0 spiro atoms. The number of carbonyl (C=O) groups excluding carboxylic acids is 1. The summed E-state index contributed by atoms with van der Waals surface area (Å²) in [5, 5.41) is 18.8. The molecule has 2 rings (SSSR count). The summed E-state index contributed by atoms with van der Waals surface area (Å²) in [5.74, 6) is -1.84. The zero-order valence-electron chi connectivity index (χ0n) is 11.7. The van der Waals surface area contributed by atoms with Crippen LogP contribution in [-0.2, 0) is 18.4 Å². The highest BCUT2D eigenvalue weighted by molar-refractivity contribution is 5.99. The number of halogens is 2. The average molecular weight is 313 g/mol. The molecule has 8 nitrogen and oxygen atoms in total. The summed E-state index contributed by atoms with van der Waals surface area (Å²) < 4.78 is 27.3. The molecule has 0 saturated carbocycles. The molecule has 2 N–H and O–H groups in total. The number of aromatic carboxylic acids is 1. The maximum Gasteiger partial charge on any atom is 0.356 e. The quantitative estimate of drug-likeness (QED) is 0.863. The number of aryl methyl sites for hydroxylation is 2. The number of hydrogen-bond acceptors (Lipinski definition) is 4. The van der Waals surface area contributed by atoms with E-state index < -0.39 is 24.0 Å². The zero-order chi connectivity index (χ0) is 16.4. The van der Waals surface area contributed by atoms with Gasteiger partial charge in [-0.05, 0) is 13.0 Å². The lowest BCUT2D eigenvalue weighted by atomic mass is 10.3. The minimum Gasteiger partial charge on any atom is -0.476 e. The van der Waals surface area contributed by atoms with Gasteiger partial charge in [0.25, 0.3) is 6.43 Å². The number of hydrogen-bond donors (Lipinski definition) is 2. The largest absolute Gasteiger partial charge is 0.476 e. The molecule has 22 heavy (non-hydrogen) atoms. The van der Waals surface area contributed by atoms with Crippen LogP contribution in [0.4, 0.5) is 14.5 Å². The Labute approximate surface area is 123 Å². The Morgan fingerprint density at radius 1 is 1.45 bits per heavy atom. The van der Waals surface area contributed by atoms with Crippen molar-refractivity contribution >= 4 is 17.6 Å². The van der Waals surface area contributed by atoms with Crippen LogP contribution in [0.5, 0.6) is 0 Å². The smallest absolute Gasteiger partial charge is 0.356 e. The Hall–Kier alpha value is -2.78. The molecule has 2 heterocycles. The SMILES string of the molecule is Cc1cc(C(F)F)nn1CC(=O)Nc1cnn(C)c1C(=O)O. The highest BCUT2D eigenvalue weighted by Gasteiger charge is 2.19. The summed E-state index contributed by atoms with van der Waals surface area (Å²) >= 11 is 0. The third kappa shape index (κ3) is 3.10. The van der Waals surface area contributed by atoms with Crippen molar-refractivity contribution in [1.29, 1.82) is 0 Å². The third-order valence-electron chi connectivity index (χ3n) is 2.93. The van der Waals surface area contributed by atoms with E-state index in [2.05, 4.69) is 15.5 Å². The van der Waals surface area contributed by atoms with E-state index in [-0.39, 0.29) is 17.9 Å². The second-order valence-corrected chi connectivity index (χ2v) is 4.55. The fraction of sp³-hybridized carbons (Fsp3) is 0.333. The van der Waals surface area contributed by atoms with Gasteiger partial charge in [-0.25, -0.2) is 13.6 Å². The van der Waals surface area contributed by atoms with E-state index in [1.165, 1.54) is 19.3 Å². The first-order valence-corrected chi connectivity index (χ1v) is 6.17. The van der Waals surface area contributed by atoms with Crippen molar-refractivity contribution in [2.45, 2.75) is 19.9 Å². The molecular formula is C12H13F2N5O3. The molecular weight excluding hydrogens is 300 g/mol. The molecule has 0 fully saturated rings. The van der Waals surface area contributed by atoms with Gasteiger partial charge in [0, 0.05) is 12.7 Å². The number of carboxylic acid groups (broad SMARTS) is 1. The first-order chi connectivity index (χ1) is 10.3. The molecule has 0 aliphatic heterocycles. The van der Waals surface area contributed by atoms with Gasteiger partial charge in [-0.3, -0.25) is 14.2 Å². The molecule has 0 aliphatic carbocycles. The van der Waals surface area contributed by atoms with Crippen molar-refractivity contribution in [1.82, 2.24) is 19.6 Å². The molecule has 0 bridgehead atoms. The molecule has 0 radical (unpaired) electrons. The van der Waals surface area contributed by atoms with Crippen LogP contribution in [0.2, 0.25) is 0 Å². The number of nitrogens with zero attached hydrogens (tertiary/aromatic N) is 4. The van der Waals surface area contributed by atoms with E-state index in [4.69, 9.17) is 5.11 Å². The van der Waals surface area contributed by atoms with Gasteiger partial charge in [0.2, 0.25) is 5.91 Å². The number of alkyl halides is 2. The van der Waals surface area contributed by atoms with E-state index in [1.54, 1.807) is 6.92 Å². The Balaban J connectivity index is 2.13. The van der Waals surface area contributed by atoms with E-state index in [9.17, 15) is 18.4 Å². The Bertz CT molecular complexity index is 722. The number of rotatable bonds is 5. The lowest BCUT2D eigenvalue weighted by Crippen LogP contribution is -2.21. The van der Waals surface area contributed by atoms with Gasteiger partial charge in [-0.2, -0.15) is 10.2 Å². The summed E-state index contributed by atoms with van der Waals surface area (Å²) in [7, 11) is 1.42. The third-order valence-corrected chi connectivity index (χ3v) is 2.93. The van der Waals surface area contributed by atoms with Crippen molar-refractivity contribution < 1.29 is 23.5 Å². The summed E-state index contributed by atoms with van der Waals surface area (Å²) in [6.45, 7) is 1.23. The number of carbonyl (C=O) groups is 2. The summed E-state index contributed by atoms with van der Waals surface area (Å²) in [5.41, 5.74) is -0.175. The minimum atomic E-state index is -2.72. The molecule has 2 aromatic heterocycles. The van der Waals surface area contributed by atoms with Gasteiger partial charge in [-0.15, -0.1) is 0 Å². The number of anilines is 1. The second kappa shape index (κ2) is 5.92. The monoisotopic (exact) mass is 313 g/mol. The van der Waals surface area contributed by atoms with Crippen LogP contribution in [0.15, 0.2) is 12.3 Å². The topological polar surface area (TPSA) is 102 Å². The number of amides is 1. The normalized spacial score (nSPS) is 11.0.